The number of nitrogens with two attached hydrogens (primary N) is 1. The van der Waals surface area contributed by atoms with Gasteiger partial charge in [0.15, 0.2) is 5.69 Å². The first-order chi connectivity index (χ1) is 9.63. The molecule has 2 N–H and O–H groups in total. The van der Waals surface area contributed by atoms with Crippen molar-refractivity contribution in [1.29, 1.82) is 0 Å². The average molecular weight is 291 g/mol. The Morgan fingerprint density at radius 3 is 3.15 bits per heavy atom. The normalized spacial score (nSPS) is 17.8. The summed E-state index contributed by atoms with van der Waals surface area (Å²) in [7, 11) is 1.34. The van der Waals surface area contributed by atoms with Gasteiger partial charge in [0, 0.05) is 4.88 Å². The first-order valence-corrected chi connectivity index (χ1v) is 7.50. The molecule has 0 fully saturated rings. The Hall–Kier alpha value is -1.82. The maximum atomic E-state index is 11.7. The van der Waals surface area contributed by atoms with Gasteiger partial charge in [0.05, 0.1) is 13.2 Å². The first kappa shape index (κ1) is 13.2. The number of hydrogen-bond donors (Lipinski definition) is 1. The predicted octanol–water partition coefficient (Wildman–Crippen LogP) is 2.55. The van der Waals surface area contributed by atoms with Crippen molar-refractivity contribution in [3.05, 3.63) is 33.4 Å². The van der Waals surface area contributed by atoms with Gasteiger partial charge in [-0.2, -0.15) is 0 Å². The number of esters is 1. The average Bonchev–Trinajstić information content (AvgIpc) is 3.03. The van der Waals surface area contributed by atoms with Crippen molar-refractivity contribution in [2.75, 3.05) is 12.8 Å². The quantitative estimate of drug-likeness (QED) is 0.863. The van der Waals surface area contributed by atoms with E-state index in [1.165, 1.54) is 17.6 Å². The molecule has 0 aliphatic heterocycles. The second-order valence-corrected chi connectivity index (χ2v) is 5.96. The van der Waals surface area contributed by atoms with Gasteiger partial charge >= 0.3 is 5.97 Å². The summed E-state index contributed by atoms with van der Waals surface area (Å²) in [5, 5.41) is 2.12. The summed E-state index contributed by atoms with van der Waals surface area (Å²) >= 11 is 1.79. The first-order valence-electron chi connectivity index (χ1n) is 6.62. The van der Waals surface area contributed by atoms with Gasteiger partial charge in [0.25, 0.3) is 0 Å². The van der Waals surface area contributed by atoms with Crippen molar-refractivity contribution in [3.63, 3.8) is 0 Å². The number of carbonyl (C=O) groups is 1. The molecule has 0 saturated heterocycles. The van der Waals surface area contributed by atoms with Crippen molar-refractivity contribution in [1.82, 2.24) is 9.55 Å². The van der Waals surface area contributed by atoms with E-state index in [4.69, 9.17) is 10.5 Å². The van der Waals surface area contributed by atoms with Crippen LogP contribution in [-0.4, -0.2) is 22.6 Å². The number of imidazole rings is 1. The number of nitrogen functional groups attached to an aromatic ring is 1. The number of nitrogens with zero attached hydrogens (tertiary/aromatic N) is 2. The molecule has 0 aromatic carbocycles. The van der Waals surface area contributed by atoms with Crippen LogP contribution in [0.3, 0.4) is 0 Å². The van der Waals surface area contributed by atoms with Crippen molar-refractivity contribution in [2.24, 2.45) is 0 Å². The molecule has 2 aromatic heterocycles. The van der Waals surface area contributed by atoms with Gasteiger partial charge in [0.2, 0.25) is 0 Å². The van der Waals surface area contributed by atoms with E-state index in [1.54, 1.807) is 11.3 Å². The van der Waals surface area contributed by atoms with Crippen LogP contribution < -0.4 is 5.73 Å². The molecule has 1 atom stereocenters. The van der Waals surface area contributed by atoms with Gasteiger partial charge in [-0.1, -0.05) is 0 Å². The Morgan fingerprint density at radius 2 is 2.40 bits per heavy atom. The minimum Gasteiger partial charge on any atom is -0.464 e. The summed E-state index contributed by atoms with van der Waals surface area (Å²) in [4.78, 5) is 17.4. The molecule has 0 bridgehead atoms. The Balaban J connectivity index is 2.09. The van der Waals surface area contributed by atoms with Gasteiger partial charge in [-0.15, -0.1) is 11.3 Å². The van der Waals surface area contributed by atoms with Crippen molar-refractivity contribution >= 4 is 23.1 Å². The molecule has 6 heteroatoms. The molecule has 0 amide bonds. The maximum Gasteiger partial charge on any atom is 0.360 e. The lowest BCUT2D eigenvalue weighted by Crippen LogP contribution is -2.19. The third kappa shape index (κ3) is 1.91. The lowest BCUT2D eigenvalue weighted by molar-refractivity contribution is 0.0595. The van der Waals surface area contributed by atoms with E-state index in [2.05, 4.69) is 16.4 Å². The molecule has 3 rings (SSSR count). The lowest BCUT2D eigenvalue weighted by atomic mass is 9.93. The zero-order chi connectivity index (χ0) is 14.3. The zero-order valence-electron chi connectivity index (χ0n) is 11.5. The molecule has 1 unspecified atom stereocenters. The number of aromatic nitrogens is 2. The molecule has 20 heavy (non-hydrogen) atoms. The van der Waals surface area contributed by atoms with Gasteiger partial charge in [-0.05, 0) is 43.2 Å². The standard InChI is InChI=1S/C14H17N3O2S/c1-8-16-12(14(18)19-2)13(15)17(8)10-4-3-5-11-9(10)6-7-20-11/h6-7,10H,3-5,15H2,1-2H3. The van der Waals surface area contributed by atoms with Gasteiger partial charge in [0.1, 0.15) is 11.6 Å². The largest absolute Gasteiger partial charge is 0.464 e. The van der Waals surface area contributed by atoms with Crippen LogP contribution in [0, 0.1) is 6.92 Å². The summed E-state index contributed by atoms with van der Waals surface area (Å²) in [6.07, 6.45) is 3.27. The van der Waals surface area contributed by atoms with Gasteiger partial charge < -0.3 is 15.0 Å². The van der Waals surface area contributed by atoms with Crippen molar-refractivity contribution in [3.8, 4) is 0 Å². The van der Waals surface area contributed by atoms with E-state index in [1.807, 2.05) is 11.5 Å². The highest BCUT2D eigenvalue weighted by Crippen LogP contribution is 2.38. The van der Waals surface area contributed by atoms with Crippen LogP contribution in [0.1, 0.15) is 45.6 Å². The van der Waals surface area contributed by atoms with Gasteiger partial charge in [-0.25, -0.2) is 9.78 Å². The number of fused-ring (bicyclic) bond motifs is 1. The Morgan fingerprint density at radius 1 is 1.60 bits per heavy atom. The number of aryl methyl sites for hydroxylation is 2. The second-order valence-electron chi connectivity index (χ2n) is 4.96. The Labute approximate surface area is 121 Å². The molecule has 0 saturated carbocycles. The summed E-state index contributed by atoms with van der Waals surface area (Å²) < 4.78 is 6.70. The molecular weight excluding hydrogens is 274 g/mol. The number of methoxy groups -OCH3 is 1. The lowest BCUT2D eigenvalue weighted by Gasteiger charge is -2.26. The maximum absolute atomic E-state index is 11.7. The highest BCUT2D eigenvalue weighted by molar-refractivity contribution is 7.10. The highest BCUT2D eigenvalue weighted by atomic mass is 32.1. The minimum atomic E-state index is -0.481. The fourth-order valence-corrected chi connectivity index (χ4v) is 3.91. The number of carbonyl (C=O) groups excluding carboxylic acids is 1. The zero-order valence-corrected chi connectivity index (χ0v) is 12.4. The smallest absolute Gasteiger partial charge is 0.360 e. The van der Waals surface area contributed by atoms with E-state index < -0.39 is 5.97 Å². The molecule has 0 radical (unpaired) electrons. The molecule has 0 spiro atoms. The molecule has 2 aromatic rings. The van der Waals surface area contributed by atoms with Crippen LogP contribution >= 0.6 is 11.3 Å². The van der Waals surface area contributed by atoms with Crippen LogP contribution in [0.25, 0.3) is 0 Å². The number of rotatable bonds is 2. The van der Waals surface area contributed by atoms with E-state index in [0.29, 0.717) is 5.82 Å². The molecule has 2 heterocycles. The molecule has 1 aliphatic rings. The van der Waals surface area contributed by atoms with Crippen molar-refractivity contribution < 1.29 is 9.53 Å². The molecule has 1 aliphatic carbocycles. The van der Waals surface area contributed by atoms with Crippen LogP contribution in [0.5, 0.6) is 0 Å². The molecule has 106 valence electrons. The summed E-state index contributed by atoms with van der Waals surface area (Å²) in [6, 6.07) is 2.33. The van der Waals surface area contributed by atoms with Crippen molar-refractivity contribution in [2.45, 2.75) is 32.2 Å². The summed E-state index contributed by atoms with van der Waals surface area (Å²) in [5.41, 5.74) is 7.67. The SMILES string of the molecule is COC(=O)c1nc(C)n(C2CCCc3sccc32)c1N. The topological polar surface area (TPSA) is 70.1 Å². The number of hydrogen-bond acceptors (Lipinski definition) is 5. The Kier molecular flexibility index (Phi) is 3.25. The van der Waals surface area contributed by atoms with Crippen LogP contribution in [-0.2, 0) is 11.2 Å². The van der Waals surface area contributed by atoms with E-state index in [-0.39, 0.29) is 11.7 Å². The monoisotopic (exact) mass is 291 g/mol. The second kappa shape index (κ2) is 4.94. The van der Waals surface area contributed by atoms with Crippen LogP contribution in [0.2, 0.25) is 0 Å². The molecular formula is C14H17N3O2S. The number of thiophene rings is 1. The minimum absolute atomic E-state index is 0.177. The summed E-state index contributed by atoms with van der Waals surface area (Å²) in [6.45, 7) is 1.88. The fourth-order valence-electron chi connectivity index (χ4n) is 2.93. The van der Waals surface area contributed by atoms with Crippen LogP contribution in [0.15, 0.2) is 11.4 Å². The van der Waals surface area contributed by atoms with Crippen LogP contribution in [0.4, 0.5) is 5.82 Å². The predicted molar refractivity (Wildman–Crippen MR) is 78.1 cm³/mol. The third-order valence-electron chi connectivity index (χ3n) is 3.84. The molecule has 5 nitrogen and oxygen atoms in total. The summed E-state index contributed by atoms with van der Waals surface area (Å²) in [5.74, 6) is 0.677. The highest BCUT2D eigenvalue weighted by Gasteiger charge is 2.28. The van der Waals surface area contributed by atoms with Gasteiger partial charge in [-0.3, -0.25) is 0 Å². The van der Waals surface area contributed by atoms with E-state index >= 15 is 0 Å². The fraction of sp³-hybridized carbons (Fsp3) is 0.429. The third-order valence-corrected chi connectivity index (χ3v) is 4.83. The van der Waals surface area contributed by atoms with E-state index in [0.717, 1.165) is 25.1 Å². The number of ether oxygens (including phenoxy) is 1. The van der Waals surface area contributed by atoms with E-state index in [9.17, 15) is 4.79 Å². The Bertz CT molecular complexity index is 659. The number of anilines is 1.